The van der Waals surface area contributed by atoms with Crippen LogP contribution in [0.15, 0.2) is 0 Å². The molecule has 2 heterocycles. The van der Waals surface area contributed by atoms with Gasteiger partial charge in [0.05, 0.1) is 13.1 Å². The maximum atomic E-state index is 11.5. The number of hydrogen-bond acceptors (Lipinski definition) is 5. The number of cyclic esters (lactones) is 1. The molecular formula is C9H15N5O2. The zero-order chi connectivity index (χ0) is 11.7. The van der Waals surface area contributed by atoms with Gasteiger partial charge in [-0.3, -0.25) is 4.90 Å². The molecule has 7 heteroatoms. The lowest BCUT2D eigenvalue weighted by Gasteiger charge is -2.11. The molecule has 0 radical (unpaired) electrons. The molecule has 2 rings (SSSR count). The van der Waals surface area contributed by atoms with Crippen molar-refractivity contribution in [2.24, 2.45) is 12.8 Å². The molecule has 7 nitrogen and oxygen atoms in total. The van der Waals surface area contributed by atoms with Crippen molar-refractivity contribution in [3.05, 3.63) is 11.6 Å². The standard InChI is InChI=1S/C9H15N5O2/c1-6-11-12-8(13(6)2)5-14-4-7(3-10)16-9(14)15/h7H,3-5,10H2,1-2H3. The number of ether oxygens (including phenoxy) is 1. The first-order valence-corrected chi connectivity index (χ1v) is 5.12. The molecule has 16 heavy (non-hydrogen) atoms. The predicted molar refractivity (Wildman–Crippen MR) is 55.5 cm³/mol. The van der Waals surface area contributed by atoms with Gasteiger partial charge in [0.15, 0.2) is 5.82 Å². The molecule has 1 aromatic heterocycles. The second-order valence-corrected chi connectivity index (χ2v) is 3.84. The Kier molecular flexibility index (Phi) is 2.78. The number of carbonyl (C=O) groups is 1. The smallest absolute Gasteiger partial charge is 0.410 e. The molecule has 1 fully saturated rings. The molecule has 1 atom stereocenters. The maximum absolute atomic E-state index is 11.5. The van der Waals surface area contributed by atoms with Gasteiger partial charge in [0.25, 0.3) is 0 Å². The third kappa shape index (κ3) is 1.85. The van der Waals surface area contributed by atoms with Gasteiger partial charge in [0, 0.05) is 13.6 Å². The van der Waals surface area contributed by atoms with Crippen LogP contribution in [-0.2, 0) is 18.3 Å². The van der Waals surface area contributed by atoms with Crippen molar-refractivity contribution in [1.29, 1.82) is 0 Å². The number of aromatic nitrogens is 3. The van der Waals surface area contributed by atoms with Crippen LogP contribution >= 0.6 is 0 Å². The highest BCUT2D eigenvalue weighted by molar-refractivity contribution is 5.69. The molecule has 1 aliphatic heterocycles. The van der Waals surface area contributed by atoms with Crippen LogP contribution in [0.5, 0.6) is 0 Å². The van der Waals surface area contributed by atoms with Gasteiger partial charge in [-0.25, -0.2) is 4.79 Å². The fourth-order valence-electron chi connectivity index (χ4n) is 1.59. The lowest BCUT2D eigenvalue weighted by atomic mass is 10.3. The van der Waals surface area contributed by atoms with Crippen LogP contribution in [0.25, 0.3) is 0 Å². The third-order valence-corrected chi connectivity index (χ3v) is 2.73. The number of carbonyl (C=O) groups excluding carboxylic acids is 1. The van der Waals surface area contributed by atoms with Crippen LogP contribution in [0.3, 0.4) is 0 Å². The molecule has 0 aromatic carbocycles. The van der Waals surface area contributed by atoms with Crippen LogP contribution in [0, 0.1) is 6.92 Å². The van der Waals surface area contributed by atoms with E-state index in [4.69, 9.17) is 10.5 Å². The van der Waals surface area contributed by atoms with E-state index in [1.165, 1.54) is 0 Å². The lowest BCUT2D eigenvalue weighted by Crippen LogP contribution is -2.28. The molecule has 0 saturated carbocycles. The monoisotopic (exact) mass is 225 g/mol. The Hall–Kier alpha value is -1.63. The van der Waals surface area contributed by atoms with E-state index in [1.54, 1.807) is 4.90 Å². The van der Waals surface area contributed by atoms with E-state index in [-0.39, 0.29) is 12.2 Å². The molecule has 1 amide bonds. The topological polar surface area (TPSA) is 86.3 Å². The fraction of sp³-hybridized carbons (Fsp3) is 0.667. The number of rotatable bonds is 3. The van der Waals surface area contributed by atoms with Gasteiger partial charge >= 0.3 is 6.09 Å². The molecule has 0 aliphatic carbocycles. The van der Waals surface area contributed by atoms with E-state index < -0.39 is 0 Å². The Morgan fingerprint density at radius 2 is 2.31 bits per heavy atom. The highest BCUT2D eigenvalue weighted by Gasteiger charge is 2.31. The zero-order valence-corrected chi connectivity index (χ0v) is 9.38. The maximum Gasteiger partial charge on any atom is 0.410 e. The van der Waals surface area contributed by atoms with Crippen molar-refractivity contribution in [2.45, 2.75) is 19.6 Å². The normalized spacial score (nSPS) is 20.3. The van der Waals surface area contributed by atoms with Crippen molar-refractivity contribution in [3.63, 3.8) is 0 Å². The summed E-state index contributed by atoms with van der Waals surface area (Å²) in [7, 11) is 1.87. The van der Waals surface area contributed by atoms with Gasteiger partial charge in [-0.1, -0.05) is 0 Å². The van der Waals surface area contributed by atoms with E-state index in [2.05, 4.69) is 10.2 Å². The summed E-state index contributed by atoms with van der Waals surface area (Å²) in [6.07, 6.45) is -0.544. The van der Waals surface area contributed by atoms with Crippen LogP contribution in [0.1, 0.15) is 11.6 Å². The number of amides is 1. The summed E-state index contributed by atoms with van der Waals surface area (Å²) >= 11 is 0. The van der Waals surface area contributed by atoms with Gasteiger partial charge < -0.3 is 15.0 Å². The largest absolute Gasteiger partial charge is 0.443 e. The SMILES string of the molecule is Cc1nnc(CN2CC(CN)OC2=O)n1C. The summed E-state index contributed by atoms with van der Waals surface area (Å²) in [6.45, 7) is 3.13. The summed E-state index contributed by atoms with van der Waals surface area (Å²) in [6, 6.07) is 0. The average molecular weight is 225 g/mol. The predicted octanol–water partition coefficient (Wildman–Crippen LogP) is -0.597. The number of aryl methyl sites for hydroxylation is 1. The Labute approximate surface area is 93.2 Å². The Balaban J connectivity index is 2.05. The van der Waals surface area contributed by atoms with Gasteiger partial charge in [-0.2, -0.15) is 0 Å². The lowest BCUT2D eigenvalue weighted by molar-refractivity contribution is 0.134. The van der Waals surface area contributed by atoms with Gasteiger partial charge in [0.2, 0.25) is 0 Å². The average Bonchev–Trinajstić information content (AvgIpc) is 2.77. The van der Waals surface area contributed by atoms with Crippen LogP contribution in [0.2, 0.25) is 0 Å². The van der Waals surface area contributed by atoms with Crippen molar-refractivity contribution >= 4 is 6.09 Å². The molecule has 0 spiro atoms. The van der Waals surface area contributed by atoms with Gasteiger partial charge in [-0.15, -0.1) is 10.2 Å². The van der Waals surface area contributed by atoms with Crippen LogP contribution < -0.4 is 5.73 Å². The number of hydrogen-bond donors (Lipinski definition) is 1. The number of nitrogens with zero attached hydrogens (tertiary/aromatic N) is 4. The summed E-state index contributed by atoms with van der Waals surface area (Å²) in [4.78, 5) is 13.0. The van der Waals surface area contributed by atoms with E-state index in [9.17, 15) is 4.79 Å². The van der Waals surface area contributed by atoms with Crippen LogP contribution in [0.4, 0.5) is 4.79 Å². The van der Waals surface area contributed by atoms with Crippen LogP contribution in [-0.4, -0.2) is 45.0 Å². The fourth-order valence-corrected chi connectivity index (χ4v) is 1.59. The number of nitrogens with two attached hydrogens (primary N) is 1. The summed E-state index contributed by atoms with van der Waals surface area (Å²) in [5.74, 6) is 1.56. The third-order valence-electron chi connectivity index (χ3n) is 2.73. The quantitative estimate of drug-likeness (QED) is 0.742. The summed E-state index contributed by atoms with van der Waals surface area (Å²) in [5, 5.41) is 7.93. The molecule has 88 valence electrons. The van der Waals surface area contributed by atoms with E-state index in [1.807, 2.05) is 18.5 Å². The minimum Gasteiger partial charge on any atom is -0.443 e. The molecule has 0 bridgehead atoms. The summed E-state index contributed by atoms with van der Waals surface area (Å²) in [5.41, 5.74) is 5.45. The Bertz CT molecular complexity index is 403. The van der Waals surface area contributed by atoms with Crippen molar-refractivity contribution in [2.75, 3.05) is 13.1 Å². The van der Waals surface area contributed by atoms with Crippen molar-refractivity contribution in [3.8, 4) is 0 Å². The summed E-state index contributed by atoms with van der Waals surface area (Å²) < 4.78 is 6.90. The van der Waals surface area contributed by atoms with Gasteiger partial charge in [-0.05, 0) is 6.92 Å². The van der Waals surface area contributed by atoms with E-state index in [0.29, 0.717) is 19.6 Å². The van der Waals surface area contributed by atoms with Crippen molar-refractivity contribution in [1.82, 2.24) is 19.7 Å². The second-order valence-electron chi connectivity index (χ2n) is 3.84. The minimum absolute atomic E-state index is 0.207. The molecule has 1 aliphatic rings. The molecule has 2 N–H and O–H groups in total. The highest BCUT2D eigenvalue weighted by atomic mass is 16.6. The minimum atomic E-state index is -0.337. The first kappa shape index (κ1) is 10.9. The van der Waals surface area contributed by atoms with Gasteiger partial charge in [0.1, 0.15) is 11.9 Å². The first-order chi connectivity index (χ1) is 7.61. The van der Waals surface area contributed by atoms with Crippen molar-refractivity contribution < 1.29 is 9.53 Å². The molecule has 1 unspecified atom stereocenters. The molecule has 1 aromatic rings. The zero-order valence-electron chi connectivity index (χ0n) is 9.38. The Morgan fingerprint density at radius 1 is 1.56 bits per heavy atom. The Morgan fingerprint density at radius 3 is 2.81 bits per heavy atom. The van der Waals surface area contributed by atoms with E-state index >= 15 is 0 Å². The second kappa shape index (κ2) is 4.09. The molecule has 1 saturated heterocycles. The van der Waals surface area contributed by atoms with E-state index in [0.717, 1.165) is 11.6 Å². The highest BCUT2D eigenvalue weighted by Crippen LogP contribution is 2.13. The first-order valence-electron chi connectivity index (χ1n) is 5.12. The molecular weight excluding hydrogens is 210 g/mol.